The van der Waals surface area contributed by atoms with Crippen molar-refractivity contribution in [3.05, 3.63) is 5.56 Å². The Labute approximate surface area is 122 Å². The lowest BCUT2D eigenvalue weighted by molar-refractivity contribution is -0.0793. The molecule has 1 aromatic heterocycles. The van der Waals surface area contributed by atoms with Gasteiger partial charge in [-0.05, 0) is 24.9 Å². The number of ether oxygens (including phenoxy) is 2. The number of nitrogens with zero attached hydrogens (tertiary/aromatic N) is 1. The molecule has 1 fully saturated rings. The Hall–Kier alpha value is -1.34. The lowest BCUT2D eigenvalue weighted by atomic mass is 9.64. The van der Waals surface area contributed by atoms with Gasteiger partial charge in [0, 0.05) is 18.6 Å². The van der Waals surface area contributed by atoms with E-state index in [-0.39, 0.29) is 23.4 Å². The number of rotatable bonds is 5. The highest BCUT2D eigenvalue weighted by Crippen LogP contribution is 2.45. The van der Waals surface area contributed by atoms with Gasteiger partial charge in [0.25, 0.3) is 0 Å². The maximum atomic E-state index is 11.9. The number of methoxy groups -OCH3 is 1. The molecule has 7 heteroatoms. The molecule has 0 saturated heterocycles. The normalized spacial score (nSPS) is 24.0. The number of anilines is 2. The number of nitrogens with one attached hydrogen (secondary N) is 1. The molecule has 0 amide bonds. The Kier molecular flexibility index (Phi) is 4.19. The van der Waals surface area contributed by atoms with Gasteiger partial charge < -0.3 is 20.5 Å². The molecule has 112 valence electrons. The first kappa shape index (κ1) is 15.1. The van der Waals surface area contributed by atoms with Gasteiger partial charge in [-0.2, -0.15) is 4.37 Å². The highest BCUT2D eigenvalue weighted by Gasteiger charge is 2.49. The van der Waals surface area contributed by atoms with Crippen LogP contribution < -0.4 is 11.1 Å². The molecule has 1 saturated carbocycles. The molecule has 2 atom stereocenters. The van der Waals surface area contributed by atoms with E-state index in [1.165, 1.54) is 11.5 Å². The fraction of sp³-hybridized carbons (Fsp3) is 0.692. The largest absolute Gasteiger partial charge is 0.462 e. The molecule has 0 bridgehead atoms. The van der Waals surface area contributed by atoms with E-state index in [9.17, 15) is 4.79 Å². The summed E-state index contributed by atoms with van der Waals surface area (Å²) in [6, 6.07) is 0.223. The van der Waals surface area contributed by atoms with Crippen LogP contribution in [0.15, 0.2) is 0 Å². The smallest absolute Gasteiger partial charge is 0.344 e. The molecule has 0 spiro atoms. The predicted octanol–water partition coefficient (Wildman–Crippen LogP) is 2.13. The Morgan fingerprint density at radius 1 is 1.60 bits per heavy atom. The summed E-state index contributed by atoms with van der Waals surface area (Å²) >= 11 is 1.19. The number of carbonyl (C=O) groups is 1. The molecule has 0 aliphatic heterocycles. The summed E-state index contributed by atoms with van der Waals surface area (Å²) < 4.78 is 14.5. The molecular formula is C13H21N3O3S. The van der Waals surface area contributed by atoms with E-state index in [0.29, 0.717) is 17.2 Å². The summed E-state index contributed by atoms with van der Waals surface area (Å²) in [7, 11) is 1.72. The van der Waals surface area contributed by atoms with Crippen LogP contribution in [-0.2, 0) is 9.47 Å². The summed E-state index contributed by atoms with van der Waals surface area (Å²) in [6.45, 7) is 6.35. The predicted molar refractivity (Wildman–Crippen MR) is 79.1 cm³/mol. The van der Waals surface area contributed by atoms with Crippen molar-refractivity contribution in [1.29, 1.82) is 0 Å². The van der Waals surface area contributed by atoms with Crippen molar-refractivity contribution in [3.63, 3.8) is 0 Å². The van der Waals surface area contributed by atoms with Crippen LogP contribution in [0.1, 0.15) is 37.6 Å². The zero-order valence-electron chi connectivity index (χ0n) is 12.2. The first-order valence-electron chi connectivity index (χ1n) is 6.63. The molecule has 0 aromatic carbocycles. The Morgan fingerprint density at radius 3 is 2.85 bits per heavy atom. The van der Waals surface area contributed by atoms with Crippen LogP contribution in [0.5, 0.6) is 0 Å². The lowest BCUT2D eigenvalue weighted by Gasteiger charge is -2.51. The van der Waals surface area contributed by atoms with E-state index in [1.54, 1.807) is 14.0 Å². The number of hydrogen-bond donors (Lipinski definition) is 2. The number of carbonyl (C=O) groups excluding carboxylic acids is 1. The molecule has 1 heterocycles. The molecule has 1 aliphatic carbocycles. The molecule has 2 rings (SSSR count). The van der Waals surface area contributed by atoms with Crippen LogP contribution in [0.2, 0.25) is 0 Å². The first-order valence-corrected chi connectivity index (χ1v) is 7.40. The zero-order valence-corrected chi connectivity index (χ0v) is 13.0. The van der Waals surface area contributed by atoms with E-state index >= 15 is 0 Å². The van der Waals surface area contributed by atoms with Gasteiger partial charge in [0.2, 0.25) is 0 Å². The fourth-order valence-corrected chi connectivity index (χ4v) is 3.25. The minimum atomic E-state index is -0.429. The third-order valence-corrected chi connectivity index (χ3v) is 4.76. The van der Waals surface area contributed by atoms with E-state index in [0.717, 1.165) is 6.42 Å². The average molecular weight is 299 g/mol. The Morgan fingerprint density at radius 2 is 2.30 bits per heavy atom. The van der Waals surface area contributed by atoms with Crippen LogP contribution in [0.4, 0.5) is 10.8 Å². The van der Waals surface area contributed by atoms with Gasteiger partial charge in [0.1, 0.15) is 10.6 Å². The van der Waals surface area contributed by atoms with Gasteiger partial charge in [-0.3, -0.25) is 0 Å². The summed E-state index contributed by atoms with van der Waals surface area (Å²) in [5.41, 5.74) is 6.10. The summed E-state index contributed by atoms with van der Waals surface area (Å²) in [6.07, 6.45) is 1.11. The second kappa shape index (κ2) is 5.57. The number of esters is 1. The molecule has 3 N–H and O–H groups in total. The molecule has 1 aromatic rings. The van der Waals surface area contributed by atoms with E-state index in [4.69, 9.17) is 15.2 Å². The van der Waals surface area contributed by atoms with Crippen LogP contribution in [-0.4, -0.2) is 36.2 Å². The zero-order chi connectivity index (χ0) is 14.9. The standard InChI is InChI=1S/C13H21N3O3S/c1-5-19-12(17)9-10(14)16-20-11(9)15-7-6-8(18-4)13(7,2)3/h7-8,15H,5-6H2,1-4H3,(H2,14,16). The summed E-state index contributed by atoms with van der Waals surface area (Å²) in [5, 5.41) is 4.03. The third-order valence-electron chi connectivity index (χ3n) is 3.97. The average Bonchev–Trinajstić information content (AvgIpc) is 2.75. The van der Waals surface area contributed by atoms with Gasteiger partial charge in [-0.15, -0.1) is 0 Å². The van der Waals surface area contributed by atoms with Crippen LogP contribution >= 0.6 is 11.5 Å². The van der Waals surface area contributed by atoms with Crippen LogP contribution in [0.3, 0.4) is 0 Å². The van der Waals surface area contributed by atoms with Gasteiger partial charge in [0.05, 0.1) is 12.7 Å². The van der Waals surface area contributed by atoms with Crippen molar-refractivity contribution < 1.29 is 14.3 Å². The maximum Gasteiger partial charge on any atom is 0.344 e. The second-order valence-electron chi connectivity index (χ2n) is 5.47. The second-order valence-corrected chi connectivity index (χ2v) is 6.24. The SMILES string of the molecule is CCOC(=O)c1c(N)nsc1NC1CC(OC)C1(C)C. The van der Waals surface area contributed by atoms with Crippen molar-refractivity contribution in [1.82, 2.24) is 4.37 Å². The van der Waals surface area contributed by atoms with Gasteiger partial charge in [0.15, 0.2) is 5.82 Å². The van der Waals surface area contributed by atoms with E-state index in [1.807, 2.05) is 0 Å². The van der Waals surface area contributed by atoms with Gasteiger partial charge >= 0.3 is 5.97 Å². The van der Waals surface area contributed by atoms with Crippen molar-refractivity contribution in [3.8, 4) is 0 Å². The number of aromatic nitrogens is 1. The fourth-order valence-electron chi connectivity index (χ4n) is 2.49. The molecule has 1 aliphatic rings. The number of nitrogen functional groups attached to an aromatic ring is 1. The molecule has 0 radical (unpaired) electrons. The van der Waals surface area contributed by atoms with Crippen LogP contribution in [0.25, 0.3) is 0 Å². The van der Waals surface area contributed by atoms with Crippen molar-refractivity contribution in [2.75, 3.05) is 24.8 Å². The molecular weight excluding hydrogens is 278 g/mol. The van der Waals surface area contributed by atoms with E-state index < -0.39 is 5.97 Å². The number of hydrogen-bond acceptors (Lipinski definition) is 7. The first-order chi connectivity index (χ1) is 9.41. The third kappa shape index (κ3) is 2.47. The molecule has 6 nitrogen and oxygen atoms in total. The lowest BCUT2D eigenvalue weighted by Crippen LogP contribution is -2.57. The summed E-state index contributed by atoms with van der Waals surface area (Å²) in [4.78, 5) is 11.9. The number of nitrogens with two attached hydrogens (primary N) is 1. The Balaban J connectivity index is 2.14. The summed E-state index contributed by atoms with van der Waals surface area (Å²) in [5.74, 6) is -0.210. The quantitative estimate of drug-likeness (QED) is 0.810. The van der Waals surface area contributed by atoms with Gasteiger partial charge in [-0.25, -0.2) is 4.79 Å². The topological polar surface area (TPSA) is 86.5 Å². The van der Waals surface area contributed by atoms with Crippen molar-refractivity contribution in [2.45, 2.75) is 39.3 Å². The Bertz CT molecular complexity index is 501. The van der Waals surface area contributed by atoms with Crippen LogP contribution in [0, 0.1) is 5.41 Å². The van der Waals surface area contributed by atoms with Crippen molar-refractivity contribution >= 4 is 28.3 Å². The molecule has 2 unspecified atom stereocenters. The highest BCUT2D eigenvalue weighted by atomic mass is 32.1. The molecule has 20 heavy (non-hydrogen) atoms. The van der Waals surface area contributed by atoms with Crippen molar-refractivity contribution in [2.24, 2.45) is 5.41 Å². The minimum absolute atomic E-state index is 0.000563. The maximum absolute atomic E-state index is 11.9. The highest BCUT2D eigenvalue weighted by molar-refractivity contribution is 7.11. The monoisotopic (exact) mass is 299 g/mol. The van der Waals surface area contributed by atoms with E-state index in [2.05, 4.69) is 23.5 Å². The minimum Gasteiger partial charge on any atom is -0.462 e. The van der Waals surface area contributed by atoms with Gasteiger partial charge in [-0.1, -0.05) is 13.8 Å².